The van der Waals surface area contributed by atoms with E-state index < -0.39 is 17.7 Å². The molecule has 1 aliphatic heterocycles. The highest BCUT2D eigenvalue weighted by atomic mass is 32.2. The number of nitrogens with zero attached hydrogens (tertiary/aromatic N) is 3. The highest BCUT2D eigenvalue weighted by Gasteiger charge is 2.48. The van der Waals surface area contributed by atoms with E-state index >= 15 is 0 Å². The normalized spacial score (nSPS) is 15.8. The van der Waals surface area contributed by atoms with E-state index in [0.29, 0.717) is 38.7 Å². The van der Waals surface area contributed by atoms with Crippen LogP contribution in [-0.2, 0) is 28.4 Å². The molecule has 9 heteroatoms. The third-order valence-electron chi connectivity index (χ3n) is 7.85. The molecule has 0 radical (unpaired) electrons. The average Bonchev–Trinajstić information content (AvgIpc) is 3.65. The first kappa shape index (κ1) is 31.3. The zero-order chi connectivity index (χ0) is 32.2. The Morgan fingerprint density at radius 1 is 0.870 bits per heavy atom. The van der Waals surface area contributed by atoms with Gasteiger partial charge in [-0.05, 0) is 66.8 Å². The second kappa shape index (κ2) is 13.7. The second-order valence-electron chi connectivity index (χ2n) is 11.2. The summed E-state index contributed by atoms with van der Waals surface area (Å²) in [5.74, 6) is -0.467. The number of carbonyl (C=O) groups is 2. The first-order chi connectivity index (χ1) is 22.3. The van der Waals surface area contributed by atoms with Crippen LogP contribution in [0.2, 0.25) is 0 Å². The molecule has 6 rings (SSSR count). The zero-order valence-corrected chi connectivity index (χ0v) is 27.4. The van der Waals surface area contributed by atoms with Crippen molar-refractivity contribution in [1.82, 2.24) is 10.2 Å². The van der Waals surface area contributed by atoms with Crippen LogP contribution in [-0.4, -0.2) is 27.0 Å². The van der Waals surface area contributed by atoms with E-state index in [-0.39, 0.29) is 11.3 Å². The minimum absolute atomic E-state index is 0.00624. The Balaban J connectivity index is 1.30. The first-order valence-electron chi connectivity index (χ1n) is 15.0. The maximum atomic E-state index is 13.6. The topological polar surface area (TPSA) is 92.6 Å². The number of thioether (sulfide) groups is 1. The molecular formula is C37H33N3O4S2. The molecule has 7 nitrogen and oxygen atoms in total. The monoisotopic (exact) mass is 647 g/mol. The molecule has 0 aliphatic carbocycles. The van der Waals surface area contributed by atoms with Crippen molar-refractivity contribution in [1.29, 1.82) is 0 Å². The number of carbonyl (C=O) groups excluding carboxylic acids is 2. The molecular weight excluding hydrogens is 615 g/mol. The van der Waals surface area contributed by atoms with Gasteiger partial charge < -0.3 is 9.84 Å². The summed E-state index contributed by atoms with van der Waals surface area (Å²) in [6, 6.07) is 30.1. The largest absolute Gasteiger partial charge is 0.507 e. The Labute approximate surface area is 276 Å². The Kier molecular flexibility index (Phi) is 9.33. The van der Waals surface area contributed by atoms with Gasteiger partial charge in [-0.25, -0.2) is 0 Å². The van der Waals surface area contributed by atoms with Crippen molar-refractivity contribution < 1.29 is 19.4 Å². The van der Waals surface area contributed by atoms with Gasteiger partial charge >= 0.3 is 5.91 Å². The van der Waals surface area contributed by atoms with Crippen LogP contribution in [0, 0.1) is 13.8 Å². The fraction of sp³-hybridized carbons (Fsp3) is 0.189. The van der Waals surface area contributed by atoms with Crippen molar-refractivity contribution in [3.63, 3.8) is 0 Å². The lowest BCUT2D eigenvalue weighted by molar-refractivity contribution is -0.132. The number of ketones is 1. The van der Waals surface area contributed by atoms with Crippen molar-refractivity contribution in [2.75, 3.05) is 4.90 Å². The maximum absolute atomic E-state index is 13.6. The quantitative estimate of drug-likeness (QED) is 0.0537. The molecule has 1 saturated heterocycles. The zero-order valence-electron chi connectivity index (χ0n) is 25.8. The number of aliphatic hydroxyl groups is 1. The van der Waals surface area contributed by atoms with Crippen LogP contribution in [0.3, 0.4) is 0 Å². The second-order valence-corrected chi connectivity index (χ2v) is 13.4. The number of aliphatic hydroxyl groups excluding tert-OH is 1. The minimum Gasteiger partial charge on any atom is -0.507 e. The molecule has 4 aromatic carbocycles. The lowest BCUT2D eigenvalue weighted by atomic mass is 9.94. The van der Waals surface area contributed by atoms with E-state index in [1.165, 1.54) is 33.6 Å². The summed E-state index contributed by atoms with van der Waals surface area (Å²) in [6.07, 6.45) is 0.844. The molecule has 1 aromatic heterocycles. The van der Waals surface area contributed by atoms with Crippen molar-refractivity contribution >= 4 is 45.7 Å². The summed E-state index contributed by atoms with van der Waals surface area (Å²) >= 11 is 2.77. The molecule has 2 heterocycles. The molecule has 1 aliphatic rings. The number of hydrogen-bond donors (Lipinski definition) is 1. The van der Waals surface area contributed by atoms with E-state index in [1.54, 1.807) is 24.3 Å². The number of amides is 1. The van der Waals surface area contributed by atoms with Gasteiger partial charge in [-0.1, -0.05) is 114 Å². The lowest BCUT2D eigenvalue weighted by Gasteiger charge is -2.22. The molecule has 0 bridgehead atoms. The standard InChI is InChI=1S/C37H33N3O4S2/c1-4-25-12-14-28(15-13-25)32-31(33(41)29-16-18-30(19-17-29)44-21-27-7-5-6-24(3)20-27)34(42)35(43)40(32)36-38-39-37(46-36)45-22-26-10-8-23(2)9-11-26/h5-20,32,41H,4,21-22H2,1-3H3. The summed E-state index contributed by atoms with van der Waals surface area (Å²) in [5, 5.41) is 20.5. The van der Waals surface area contributed by atoms with Crippen LogP contribution in [0.25, 0.3) is 5.76 Å². The van der Waals surface area contributed by atoms with Crippen molar-refractivity contribution in [2.24, 2.45) is 0 Å². The molecule has 232 valence electrons. The number of rotatable bonds is 10. The highest BCUT2D eigenvalue weighted by molar-refractivity contribution is 8.00. The Bertz CT molecular complexity index is 1900. The van der Waals surface area contributed by atoms with E-state index in [9.17, 15) is 14.7 Å². The van der Waals surface area contributed by atoms with Gasteiger partial charge in [0.1, 0.15) is 18.1 Å². The van der Waals surface area contributed by atoms with Gasteiger partial charge in [-0.2, -0.15) is 0 Å². The Morgan fingerprint density at radius 2 is 1.59 bits per heavy atom. The van der Waals surface area contributed by atoms with Gasteiger partial charge in [0.05, 0.1) is 11.6 Å². The molecule has 1 N–H and O–H groups in total. The van der Waals surface area contributed by atoms with Crippen LogP contribution in [0.4, 0.5) is 5.13 Å². The third kappa shape index (κ3) is 6.76. The summed E-state index contributed by atoms with van der Waals surface area (Å²) in [7, 11) is 0. The van der Waals surface area contributed by atoms with E-state index in [0.717, 1.165) is 28.7 Å². The lowest BCUT2D eigenvalue weighted by Crippen LogP contribution is -2.29. The minimum atomic E-state index is -0.869. The number of aromatic nitrogens is 2. The van der Waals surface area contributed by atoms with E-state index in [1.807, 2.05) is 56.3 Å². The highest BCUT2D eigenvalue weighted by Crippen LogP contribution is 2.44. The Morgan fingerprint density at radius 3 is 2.28 bits per heavy atom. The first-order valence-corrected chi connectivity index (χ1v) is 16.8. The fourth-order valence-corrected chi connectivity index (χ4v) is 7.12. The summed E-state index contributed by atoms with van der Waals surface area (Å²) in [6.45, 7) is 6.55. The van der Waals surface area contributed by atoms with Crippen LogP contribution < -0.4 is 9.64 Å². The molecule has 46 heavy (non-hydrogen) atoms. The number of ether oxygens (including phenoxy) is 1. The predicted molar refractivity (Wildman–Crippen MR) is 183 cm³/mol. The third-order valence-corrected chi connectivity index (χ3v) is 9.98. The number of hydrogen-bond acceptors (Lipinski definition) is 8. The summed E-state index contributed by atoms with van der Waals surface area (Å²) < 4.78 is 6.62. The van der Waals surface area contributed by atoms with Gasteiger partial charge in [0, 0.05) is 11.3 Å². The van der Waals surface area contributed by atoms with Gasteiger partial charge in [0.2, 0.25) is 5.13 Å². The van der Waals surface area contributed by atoms with Crippen LogP contribution in [0.15, 0.2) is 107 Å². The Hall–Kier alpha value is -4.73. The van der Waals surface area contributed by atoms with Gasteiger partial charge in [-0.3, -0.25) is 14.5 Å². The van der Waals surface area contributed by atoms with Crippen molar-refractivity contribution in [2.45, 2.75) is 49.9 Å². The number of aryl methyl sites for hydroxylation is 3. The van der Waals surface area contributed by atoms with Crippen molar-refractivity contribution in [3.05, 3.63) is 142 Å². The van der Waals surface area contributed by atoms with Crippen LogP contribution in [0.5, 0.6) is 5.75 Å². The molecule has 0 saturated carbocycles. The molecule has 1 atom stereocenters. The van der Waals surface area contributed by atoms with Gasteiger partial charge in [0.25, 0.3) is 5.78 Å². The molecule has 1 fully saturated rings. The summed E-state index contributed by atoms with van der Waals surface area (Å²) in [4.78, 5) is 28.6. The fourth-order valence-electron chi connectivity index (χ4n) is 5.30. The SMILES string of the molecule is CCc1ccc(C2C(=C(O)c3ccc(OCc4cccc(C)c4)cc3)C(=O)C(=O)N2c2nnc(SCc3ccc(C)cc3)s2)cc1. The molecule has 0 spiro atoms. The van der Waals surface area contributed by atoms with Crippen LogP contribution >= 0.6 is 23.1 Å². The van der Waals surface area contributed by atoms with E-state index in [2.05, 4.69) is 47.5 Å². The van der Waals surface area contributed by atoms with Crippen molar-refractivity contribution in [3.8, 4) is 5.75 Å². The molecule has 1 unspecified atom stereocenters. The van der Waals surface area contributed by atoms with Gasteiger partial charge in [-0.15, -0.1) is 10.2 Å². The number of benzene rings is 4. The van der Waals surface area contributed by atoms with Gasteiger partial charge in [0.15, 0.2) is 4.34 Å². The number of Topliss-reactive ketones (excluding diaryl/α,β-unsaturated/α-hetero) is 1. The van der Waals surface area contributed by atoms with E-state index in [4.69, 9.17) is 4.74 Å². The maximum Gasteiger partial charge on any atom is 0.301 e. The van der Waals surface area contributed by atoms with Crippen LogP contribution in [0.1, 0.15) is 51.9 Å². The predicted octanol–water partition coefficient (Wildman–Crippen LogP) is 8.21. The average molecular weight is 648 g/mol. The molecule has 5 aromatic rings. The number of anilines is 1. The molecule has 1 amide bonds. The smallest absolute Gasteiger partial charge is 0.301 e. The summed E-state index contributed by atoms with van der Waals surface area (Å²) in [5.41, 5.74) is 6.77.